The fourth-order valence-electron chi connectivity index (χ4n) is 2.54. The van der Waals surface area contributed by atoms with Crippen molar-refractivity contribution in [1.29, 1.82) is 0 Å². The van der Waals surface area contributed by atoms with Crippen molar-refractivity contribution >= 4 is 11.3 Å². The lowest BCUT2D eigenvalue weighted by molar-refractivity contribution is 0.185. The van der Waals surface area contributed by atoms with Crippen LogP contribution in [0.25, 0.3) is 10.6 Å². The Balaban J connectivity index is 1.96. The zero-order valence-corrected chi connectivity index (χ0v) is 11.9. The van der Waals surface area contributed by atoms with Gasteiger partial charge in [0.25, 0.3) is 0 Å². The summed E-state index contributed by atoms with van der Waals surface area (Å²) in [4.78, 5) is 6.05. The van der Waals surface area contributed by atoms with Crippen LogP contribution in [0.3, 0.4) is 0 Å². The predicted molar refractivity (Wildman–Crippen MR) is 78.1 cm³/mol. The lowest BCUT2D eigenvalue weighted by atomic mass is 9.99. The molecule has 0 spiro atoms. The van der Waals surface area contributed by atoms with E-state index in [-0.39, 0.29) is 6.04 Å². The van der Waals surface area contributed by atoms with E-state index in [9.17, 15) is 0 Å². The van der Waals surface area contributed by atoms with Crippen LogP contribution in [0.5, 0.6) is 0 Å². The first kappa shape index (κ1) is 12.8. The number of thiazole rings is 1. The van der Waals surface area contributed by atoms with E-state index >= 15 is 0 Å². The number of nitrogens with two attached hydrogens (primary N) is 1. The van der Waals surface area contributed by atoms with Crippen molar-refractivity contribution < 1.29 is 4.74 Å². The fourth-order valence-corrected chi connectivity index (χ4v) is 3.68. The Hall–Kier alpha value is -1.23. The molecule has 0 saturated carbocycles. The van der Waals surface area contributed by atoms with Crippen LogP contribution in [-0.2, 0) is 17.8 Å². The maximum Gasteiger partial charge on any atom is 0.123 e. The maximum absolute atomic E-state index is 6.17. The molecule has 3 rings (SSSR count). The average molecular weight is 274 g/mol. The van der Waals surface area contributed by atoms with E-state index in [0.29, 0.717) is 6.61 Å². The lowest BCUT2D eigenvalue weighted by Gasteiger charge is -2.15. The zero-order valence-electron chi connectivity index (χ0n) is 11.1. The van der Waals surface area contributed by atoms with Gasteiger partial charge in [-0.15, -0.1) is 11.3 Å². The van der Waals surface area contributed by atoms with Gasteiger partial charge in [-0.25, -0.2) is 4.98 Å². The van der Waals surface area contributed by atoms with Crippen molar-refractivity contribution in [2.24, 2.45) is 5.73 Å². The van der Waals surface area contributed by atoms with Gasteiger partial charge in [0.2, 0.25) is 0 Å². The maximum atomic E-state index is 6.17. The van der Waals surface area contributed by atoms with Gasteiger partial charge < -0.3 is 10.5 Å². The van der Waals surface area contributed by atoms with Crippen LogP contribution in [0.2, 0.25) is 0 Å². The van der Waals surface area contributed by atoms with Crippen LogP contribution in [-0.4, -0.2) is 12.1 Å². The second-order valence-electron chi connectivity index (χ2n) is 4.96. The topological polar surface area (TPSA) is 48.1 Å². The van der Waals surface area contributed by atoms with E-state index in [2.05, 4.69) is 24.3 Å². The Morgan fingerprint density at radius 3 is 3.16 bits per heavy atom. The van der Waals surface area contributed by atoms with Gasteiger partial charge in [-0.05, 0) is 30.9 Å². The Bertz CT molecular complexity index is 579. The van der Waals surface area contributed by atoms with Crippen molar-refractivity contribution in [3.8, 4) is 10.6 Å². The Morgan fingerprint density at radius 2 is 2.37 bits per heavy atom. The molecule has 1 heterocycles. The summed E-state index contributed by atoms with van der Waals surface area (Å²) in [5.41, 5.74) is 9.72. The van der Waals surface area contributed by atoms with Gasteiger partial charge in [0.1, 0.15) is 5.01 Å². The van der Waals surface area contributed by atoms with Crippen LogP contribution in [0.4, 0.5) is 0 Å². The second kappa shape index (κ2) is 5.41. The average Bonchev–Trinajstić information content (AvgIpc) is 2.85. The van der Waals surface area contributed by atoms with Crippen molar-refractivity contribution in [3.63, 3.8) is 0 Å². The number of fused-ring (bicyclic) bond motifs is 1. The van der Waals surface area contributed by atoms with Gasteiger partial charge in [-0.1, -0.05) is 18.2 Å². The van der Waals surface area contributed by atoms with Crippen LogP contribution in [0.1, 0.15) is 35.0 Å². The molecule has 4 heteroatoms. The molecule has 1 unspecified atom stereocenters. The van der Waals surface area contributed by atoms with Crippen LogP contribution in [0.15, 0.2) is 24.3 Å². The fraction of sp³-hybridized carbons (Fsp3) is 0.400. The number of ether oxygens (including phenoxy) is 1. The molecule has 19 heavy (non-hydrogen) atoms. The monoisotopic (exact) mass is 274 g/mol. The predicted octanol–water partition coefficient (Wildman–Crippen LogP) is 3.29. The molecule has 0 saturated heterocycles. The molecule has 1 aliphatic rings. The first-order valence-corrected chi connectivity index (χ1v) is 7.43. The highest BCUT2D eigenvalue weighted by Crippen LogP contribution is 2.36. The third kappa shape index (κ3) is 2.56. The minimum absolute atomic E-state index is 0.178. The van der Waals surface area contributed by atoms with Crippen molar-refractivity contribution in [3.05, 3.63) is 40.4 Å². The van der Waals surface area contributed by atoms with E-state index in [1.807, 2.05) is 0 Å². The molecular weight excluding hydrogens is 256 g/mol. The molecule has 1 aliphatic carbocycles. The number of methoxy groups -OCH3 is 1. The number of aromatic nitrogens is 1. The minimum Gasteiger partial charge on any atom is -0.380 e. The summed E-state index contributed by atoms with van der Waals surface area (Å²) >= 11 is 1.75. The number of nitrogens with zero attached hydrogens (tertiary/aromatic N) is 1. The summed E-state index contributed by atoms with van der Waals surface area (Å²) in [6, 6.07) is 8.57. The van der Waals surface area contributed by atoms with E-state index in [0.717, 1.165) is 24.3 Å². The molecule has 2 aromatic rings. The molecule has 0 amide bonds. The molecule has 100 valence electrons. The molecule has 1 atom stereocenters. The van der Waals surface area contributed by atoms with E-state index in [4.69, 9.17) is 15.5 Å². The van der Waals surface area contributed by atoms with Crippen molar-refractivity contribution in [2.45, 2.75) is 31.9 Å². The highest BCUT2D eigenvalue weighted by molar-refractivity contribution is 7.15. The van der Waals surface area contributed by atoms with Gasteiger partial charge in [0.05, 0.1) is 12.3 Å². The summed E-state index contributed by atoms with van der Waals surface area (Å²) in [6.45, 7) is 0.637. The van der Waals surface area contributed by atoms with Gasteiger partial charge >= 0.3 is 0 Å². The highest BCUT2D eigenvalue weighted by Gasteiger charge is 2.22. The standard InChI is InChI=1S/C15H18N2OS/c1-18-9-10-4-2-5-11(8-10)15-17-13-7-3-6-12(16)14(13)19-15/h2,4-5,8,12H,3,6-7,9,16H2,1H3. The first-order valence-electron chi connectivity index (χ1n) is 6.61. The molecule has 0 bridgehead atoms. The largest absolute Gasteiger partial charge is 0.380 e. The molecule has 0 aliphatic heterocycles. The summed E-state index contributed by atoms with van der Waals surface area (Å²) < 4.78 is 5.18. The van der Waals surface area contributed by atoms with E-state index in [1.54, 1.807) is 18.4 Å². The molecule has 0 fully saturated rings. The third-order valence-corrected chi connectivity index (χ3v) is 4.76. The van der Waals surface area contributed by atoms with Crippen molar-refractivity contribution in [1.82, 2.24) is 4.98 Å². The molecule has 0 radical (unpaired) electrons. The quantitative estimate of drug-likeness (QED) is 0.934. The summed E-state index contributed by atoms with van der Waals surface area (Å²) in [7, 11) is 1.72. The zero-order chi connectivity index (χ0) is 13.2. The molecule has 2 N–H and O–H groups in total. The number of hydrogen-bond acceptors (Lipinski definition) is 4. The summed E-state index contributed by atoms with van der Waals surface area (Å²) in [5.74, 6) is 0. The first-order chi connectivity index (χ1) is 9.28. The van der Waals surface area contributed by atoms with Gasteiger partial charge in [-0.2, -0.15) is 0 Å². The lowest BCUT2D eigenvalue weighted by Crippen LogP contribution is -2.15. The van der Waals surface area contributed by atoms with Crippen LogP contribution < -0.4 is 5.73 Å². The number of hydrogen-bond donors (Lipinski definition) is 1. The number of aryl methyl sites for hydroxylation is 1. The Kier molecular flexibility index (Phi) is 3.64. The highest BCUT2D eigenvalue weighted by atomic mass is 32.1. The van der Waals surface area contributed by atoms with Gasteiger partial charge in [-0.3, -0.25) is 0 Å². The molecule has 1 aromatic carbocycles. The SMILES string of the molecule is COCc1cccc(-c2nc3c(s2)C(N)CCC3)c1. The Labute approximate surface area is 117 Å². The Morgan fingerprint density at radius 1 is 1.47 bits per heavy atom. The number of rotatable bonds is 3. The molecular formula is C15H18N2OS. The molecule has 1 aromatic heterocycles. The van der Waals surface area contributed by atoms with Crippen LogP contribution >= 0.6 is 11.3 Å². The van der Waals surface area contributed by atoms with E-state index in [1.165, 1.54) is 21.7 Å². The van der Waals surface area contributed by atoms with Crippen molar-refractivity contribution in [2.75, 3.05) is 7.11 Å². The second-order valence-corrected chi connectivity index (χ2v) is 5.99. The van der Waals surface area contributed by atoms with E-state index < -0.39 is 0 Å². The normalized spacial score (nSPS) is 18.3. The number of benzene rings is 1. The smallest absolute Gasteiger partial charge is 0.123 e. The summed E-state index contributed by atoms with van der Waals surface area (Å²) in [5, 5.41) is 1.08. The third-order valence-electron chi connectivity index (χ3n) is 3.48. The van der Waals surface area contributed by atoms with Gasteiger partial charge in [0.15, 0.2) is 0 Å². The minimum atomic E-state index is 0.178. The van der Waals surface area contributed by atoms with Crippen LogP contribution in [0, 0.1) is 0 Å². The molecule has 3 nitrogen and oxygen atoms in total. The summed E-state index contributed by atoms with van der Waals surface area (Å²) in [6.07, 6.45) is 3.30. The van der Waals surface area contributed by atoms with Gasteiger partial charge in [0, 0.05) is 23.6 Å².